The van der Waals surface area contributed by atoms with Gasteiger partial charge in [0.15, 0.2) is 5.11 Å². The number of hydrogen-bond acceptors (Lipinski definition) is 2. The van der Waals surface area contributed by atoms with Crippen LogP contribution < -0.4 is 5.32 Å². The summed E-state index contributed by atoms with van der Waals surface area (Å²) in [5, 5.41) is 15.1. The number of halogens is 2. The first-order valence-electron chi connectivity index (χ1n) is 8.31. The summed E-state index contributed by atoms with van der Waals surface area (Å²) in [6, 6.07) is 11.5. The van der Waals surface area contributed by atoms with E-state index in [1.165, 1.54) is 11.1 Å². The molecule has 0 fully saturated rings. The minimum absolute atomic E-state index is 0.150. The van der Waals surface area contributed by atoms with Crippen LogP contribution in [0.25, 0.3) is 0 Å². The normalized spacial score (nSPS) is 13.9. The molecule has 0 spiro atoms. The lowest BCUT2D eigenvalue weighted by Gasteiger charge is -2.24. The predicted molar refractivity (Wildman–Crippen MR) is 108 cm³/mol. The van der Waals surface area contributed by atoms with Gasteiger partial charge in [0.2, 0.25) is 0 Å². The summed E-state index contributed by atoms with van der Waals surface area (Å²) in [6.07, 6.45) is 2.54. The molecule has 1 aliphatic rings. The average molecular weight is 395 g/mol. The molecule has 0 saturated carbocycles. The average Bonchev–Trinajstić information content (AvgIpc) is 2.83. The number of rotatable bonds is 3. The zero-order valence-corrected chi connectivity index (χ0v) is 16.1. The molecule has 0 atom stereocenters. The van der Waals surface area contributed by atoms with Gasteiger partial charge in [0.1, 0.15) is 5.75 Å². The Bertz CT molecular complexity index is 765. The van der Waals surface area contributed by atoms with E-state index in [4.69, 9.17) is 35.4 Å². The molecule has 0 aliphatic carbocycles. The summed E-state index contributed by atoms with van der Waals surface area (Å²) in [6.45, 7) is 2.43. The van der Waals surface area contributed by atoms with Gasteiger partial charge in [-0.1, -0.05) is 41.4 Å². The van der Waals surface area contributed by atoms with E-state index in [0.29, 0.717) is 5.02 Å². The second kappa shape index (κ2) is 8.26. The summed E-state index contributed by atoms with van der Waals surface area (Å²) in [5.41, 5.74) is 3.45. The minimum atomic E-state index is 0.150. The topological polar surface area (TPSA) is 35.5 Å². The molecule has 1 aliphatic heterocycles. The van der Waals surface area contributed by atoms with Crippen LogP contribution in [0.1, 0.15) is 16.7 Å². The fraction of sp³-hybridized carbons (Fsp3) is 0.316. The van der Waals surface area contributed by atoms with Crippen molar-refractivity contribution in [1.82, 2.24) is 10.2 Å². The molecule has 2 aromatic carbocycles. The number of nitrogens with zero attached hydrogens (tertiary/aromatic N) is 1. The Morgan fingerprint density at radius 3 is 2.56 bits per heavy atom. The summed E-state index contributed by atoms with van der Waals surface area (Å²) >= 11 is 17.7. The predicted octanol–water partition coefficient (Wildman–Crippen LogP) is 4.22. The Kier molecular flexibility index (Phi) is 6.05. The second-order valence-electron chi connectivity index (χ2n) is 6.13. The maximum absolute atomic E-state index is 9.79. The number of nitrogens with one attached hydrogen (secondary N) is 1. The zero-order valence-electron chi connectivity index (χ0n) is 13.8. The summed E-state index contributed by atoms with van der Waals surface area (Å²) in [7, 11) is 0. The third-order valence-corrected chi connectivity index (χ3v) is 5.57. The van der Waals surface area contributed by atoms with Crippen molar-refractivity contribution >= 4 is 40.5 Å². The first kappa shape index (κ1) is 18.3. The quantitative estimate of drug-likeness (QED) is 0.763. The van der Waals surface area contributed by atoms with Crippen LogP contribution in [0.3, 0.4) is 0 Å². The third-order valence-electron chi connectivity index (χ3n) is 4.49. The van der Waals surface area contributed by atoms with Gasteiger partial charge in [-0.2, -0.15) is 0 Å². The Morgan fingerprint density at radius 2 is 1.80 bits per heavy atom. The molecule has 132 valence electrons. The molecule has 0 unspecified atom stereocenters. The molecule has 0 bridgehead atoms. The van der Waals surface area contributed by atoms with E-state index in [1.54, 1.807) is 6.07 Å². The van der Waals surface area contributed by atoms with Crippen molar-refractivity contribution in [3.63, 3.8) is 0 Å². The van der Waals surface area contributed by atoms with Crippen LogP contribution in [0.15, 0.2) is 36.4 Å². The summed E-state index contributed by atoms with van der Waals surface area (Å²) in [4.78, 5) is 2.17. The van der Waals surface area contributed by atoms with Crippen LogP contribution in [0.5, 0.6) is 5.75 Å². The number of phenols is 1. The van der Waals surface area contributed by atoms with E-state index in [2.05, 4.69) is 10.2 Å². The standard InChI is InChI=1S/C19H20Cl2N2OS/c20-15-4-1-13(2-5-15)7-10-22-19(25)23-11-8-14-3-6-17(24)18(21)16(14)9-12-23/h1-6,24H,7-12H2,(H,22,25). The van der Waals surface area contributed by atoms with Gasteiger partial charge in [0.05, 0.1) is 5.02 Å². The van der Waals surface area contributed by atoms with E-state index >= 15 is 0 Å². The van der Waals surface area contributed by atoms with Crippen molar-refractivity contribution in [2.24, 2.45) is 0 Å². The van der Waals surface area contributed by atoms with Gasteiger partial charge >= 0.3 is 0 Å². The van der Waals surface area contributed by atoms with Crippen molar-refractivity contribution < 1.29 is 5.11 Å². The summed E-state index contributed by atoms with van der Waals surface area (Å²) in [5.74, 6) is 0.150. The van der Waals surface area contributed by atoms with E-state index in [1.807, 2.05) is 30.3 Å². The Balaban J connectivity index is 1.53. The molecule has 6 heteroatoms. The van der Waals surface area contributed by atoms with Crippen LogP contribution >= 0.6 is 35.4 Å². The fourth-order valence-electron chi connectivity index (χ4n) is 3.05. The zero-order chi connectivity index (χ0) is 17.8. The first-order chi connectivity index (χ1) is 12.0. The lowest BCUT2D eigenvalue weighted by molar-refractivity contribution is 0.431. The van der Waals surface area contributed by atoms with E-state index in [0.717, 1.165) is 54.6 Å². The maximum Gasteiger partial charge on any atom is 0.168 e. The van der Waals surface area contributed by atoms with Crippen molar-refractivity contribution in [1.29, 1.82) is 0 Å². The van der Waals surface area contributed by atoms with Crippen LogP contribution in [-0.2, 0) is 19.3 Å². The third kappa shape index (κ3) is 4.57. The van der Waals surface area contributed by atoms with E-state index in [-0.39, 0.29) is 5.75 Å². The Hall–Kier alpha value is -1.49. The molecule has 0 aromatic heterocycles. The highest BCUT2D eigenvalue weighted by atomic mass is 35.5. The summed E-state index contributed by atoms with van der Waals surface area (Å²) < 4.78 is 0. The highest BCUT2D eigenvalue weighted by Gasteiger charge is 2.19. The number of thiocarbonyl (C=S) groups is 1. The first-order valence-corrected chi connectivity index (χ1v) is 9.47. The molecule has 2 N–H and O–H groups in total. The van der Waals surface area contributed by atoms with Gasteiger partial charge in [-0.05, 0) is 66.4 Å². The highest BCUT2D eigenvalue weighted by molar-refractivity contribution is 7.80. The van der Waals surface area contributed by atoms with Gasteiger partial charge in [-0.3, -0.25) is 0 Å². The molecule has 1 heterocycles. The fourth-order valence-corrected chi connectivity index (χ4v) is 3.74. The molecule has 0 saturated heterocycles. The number of aromatic hydroxyl groups is 1. The Morgan fingerprint density at radius 1 is 1.08 bits per heavy atom. The smallest absolute Gasteiger partial charge is 0.168 e. The van der Waals surface area contributed by atoms with Crippen LogP contribution in [0.4, 0.5) is 0 Å². The molecule has 0 amide bonds. The van der Waals surface area contributed by atoms with Crippen LogP contribution in [0.2, 0.25) is 10.0 Å². The van der Waals surface area contributed by atoms with Crippen LogP contribution in [-0.4, -0.2) is 34.8 Å². The van der Waals surface area contributed by atoms with Crippen molar-refractivity contribution in [2.45, 2.75) is 19.3 Å². The van der Waals surface area contributed by atoms with Gasteiger partial charge in [-0.15, -0.1) is 0 Å². The molecule has 3 rings (SSSR count). The van der Waals surface area contributed by atoms with Gasteiger partial charge < -0.3 is 15.3 Å². The highest BCUT2D eigenvalue weighted by Crippen LogP contribution is 2.31. The van der Waals surface area contributed by atoms with Crippen molar-refractivity contribution in [3.05, 3.63) is 63.1 Å². The largest absolute Gasteiger partial charge is 0.506 e. The van der Waals surface area contributed by atoms with Gasteiger partial charge in [0, 0.05) is 24.7 Å². The monoisotopic (exact) mass is 394 g/mol. The lowest BCUT2D eigenvalue weighted by Crippen LogP contribution is -2.41. The second-order valence-corrected chi connectivity index (χ2v) is 7.33. The maximum atomic E-state index is 9.79. The van der Waals surface area contributed by atoms with Gasteiger partial charge in [0.25, 0.3) is 0 Å². The van der Waals surface area contributed by atoms with E-state index in [9.17, 15) is 5.11 Å². The minimum Gasteiger partial charge on any atom is -0.506 e. The molecule has 25 heavy (non-hydrogen) atoms. The molecule has 2 aromatic rings. The van der Waals surface area contributed by atoms with Crippen molar-refractivity contribution in [2.75, 3.05) is 19.6 Å². The molecule has 3 nitrogen and oxygen atoms in total. The lowest BCUT2D eigenvalue weighted by atomic mass is 10.0. The van der Waals surface area contributed by atoms with Crippen LogP contribution in [0, 0.1) is 0 Å². The number of hydrogen-bond donors (Lipinski definition) is 2. The van der Waals surface area contributed by atoms with Gasteiger partial charge in [-0.25, -0.2) is 0 Å². The van der Waals surface area contributed by atoms with Crippen molar-refractivity contribution in [3.8, 4) is 5.75 Å². The molecular weight excluding hydrogens is 375 g/mol. The Labute approximate surface area is 163 Å². The number of benzene rings is 2. The number of fused-ring (bicyclic) bond motifs is 1. The molecule has 0 radical (unpaired) electrons. The van der Waals surface area contributed by atoms with E-state index < -0.39 is 0 Å². The SMILES string of the molecule is Oc1ccc2c(c1Cl)CCN(C(=S)NCCc1ccc(Cl)cc1)CC2. The number of phenolic OH excluding ortho intramolecular Hbond substituents is 1. The molecular formula is C19H20Cl2N2OS.